The Hall–Kier alpha value is -1.55. The van der Waals surface area contributed by atoms with Gasteiger partial charge in [-0.1, -0.05) is 18.2 Å². The molecule has 2 heterocycles. The van der Waals surface area contributed by atoms with Gasteiger partial charge in [0.2, 0.25) is 5.91 Å². The molecule has 2 atom stereocenters. The summed E-state index contributed by atoms with van der Waals surface area (Å²) in [5, 5.41) is 12.5. The van der Waals surface area contributed by atoms with Gasteiger partial charge in [0.05, 0.1) is 0 Å². The Kier molecular flexibility index (Phi) is 3.92. The number of rotatable bonds is 3. The lowest BCUT2D eigenvalue weighted by Crippen LogP contribution is -2.50. The Labute approximate surface area is 119 Å². The summed E-state index contributed by atoms with van der Waals surface area (Å²) in [5.41, 5.74) is 2.31. The molecule has 2 aliphatic rings. The molecule has 1 saturated heterocycles. The van der Waals surface area contributed by atoms with Crippen LogP contribution in [0.15, 0.2) is 24.3 Å². The first-order valence-corrected chi connectivity index (χ1v) is 7.55. The van der Waals surface area contributed by atoms with Gasteiger partial charge in [-0.15, -0.1) is 0 Å². The molecule has 0 radical (unpaired) electrons. The van der Waals surface area contributed by atoms with E-state index in [9.17, 15) is 9.90 Å². The van der Waals surface area contributed by atoms with Gasteiger partial charge in [0, 0.05) is 31.3 Å². The number of aliphatic hydroxyl groups excluding tert-OH is 1. The molecule has 1 aromatic rings. The van der Waals surface area contributed by atoms with E-state index in [2.05, 4.69) is 11.4 Å². The topological polar surface area (TPSA) is 52.6 Å². The molecule has 20 heavy (non-hydrogen) atoms. The summed E-state index contributed by atoms with van der Waals surface area (Å²) in [6.07, 6.45) is 4.73. The average molecular weight is 274 g/mol. The average Bonchev–Trinajstić information content (AvgIpc) is 2.91. The number of carbonyl (C=O) groups is 1. The zero-order valence-electron chi connectivity index (χ0n) is 11.7. The van der Waals surface area contributed by atoms with Crippen molar-refractivity contribution >= 4 is 11.6 Å². The van der Waals surface area contributed by atoms with Crippen LogP contribution in [0.25, 0.3) is 0 Å². The molecule has 0 aromatic heterocycles. The van der Waals surface area contributed by atoms with Crippen LogP contribution in [0.4, 0.5) is 5.69 Å². The highest BCUT2D eigenvalue weighted by Crippen LogP contribution is 2.28. The highest BCUT2D eigenvalue weighted by atomic mass is 16.3. The number of likely N-dealkylation sites (tertiary alicyclic amines) is 1. The van der Waals surface area contributed by atoms with Crippen LogP contribution in [-0.4, -0.2) is 41.1 Å². The summed E-state index contributed by atoms with van der Waals surface area (Å²) in [6, 6.07) is 8.20. The minimum atomic E-state index is -0.133. The lowest BCUT2D eigenvalue weighted by atomic mass is 9.98. The molecule has 0 spiro atoms. The van der Waals surface area contributed by atoms with Crippen molar-refractivity contribution in [3.05, 3.63) is 29.8 Å². The summed E-state index contributed by atoms with van der Waals surface area (Å²) in [5.74, 6) is 0.194. The molecule has 2 aliphatic heterocycles. The first-order valence-electron chi connectivity index (χ1n) is 7.55. The predicted octanol–water partition coefficient (Wildman–Crippen LogP) is 1.79. The van der Waals surface area contributed by atoms with Crippen LogP contribution in [-0.2, 0) is 11.2 Å². The summed E-state index contributed by atoms with van der Waals surface area (Å²) in [6.45, 7) is 0.991. The molecular formula is C16H22N2O2. The quantitative estimate of drug-likeness (QED) is 0.883. The van der Waals surface area contributed by atoms with Crippen molar-refractivity contribution in [2.75, 3.05) is 18.5 Å². The van der Waals surface area contributed by atoms with E-state index in [0.29, 0.717) is 6.42 Å². The maximum atomic E-state index is 12.7. The number of fused-ring (bicyclic) bond motifs is 1. The van der Waals surface area contributed by atoms with Crippen molar-refractivity contribution in [2.24, 2.45) is 0 Å². The molecule has 3 rings (SSSR count). The van der Waals surface area contributed by atoms with E-state index >= 15 is 0 Å². The number of para-hydroxylation sites is 1. The minimum Gasteiger partial charge on any atom is -0.396 e. The van der Waals surface area contributed by atoms with Crippen molar-refractivity contribution in [1.82, 2.24) is 4.90 Å². The number of anilines is 1. The van der Waals surface area contributed by atoms with Crippen LogP contribution in [0, 0.1) is 0 Å². The normalized spacial score (nSPS) is 25.1. The van der Waals surface area contributed by atoms with Crippen LogP contribution >= 0.6 is 0 Å². The van der Waals surface area contributed by atoms with E-state index in [-0.39, 0.29) is 24.6 Å². The molecular weight excluding hydrogens is 252 g/mol. The second-order valence-corrected chi connectivity index (χ2v) is 5.75. The molecule has 1 unspecified atom stereocenters. The number of nitrogens with one attached hydrogen (secondary N) is 1. The summed E-state index contributed by atoms with van der Waals surface area (Å²) >= 11 is 0. The number of aliphatic hydroxyl groups is 1. The third-order valence-corrected chi connectivity index (χ3v) is 4.44. The van der Waals surface area contributed by atoms with Gasteiger partial charge in [0.25, 0.3) is 0 Å². The summed E-state index contributed by atoms with van der Waals surface area (Å²) < 4.78 is 0. The number of hydrogen-bond donors (Lipinski definition) is 2. The van der Waals surface area contributed by atoms with E-state index in [1.165, 1.54) is 5.56 Å². The van der Waals surface area contributed by atoms with Crippen molar-refractivity contribution in [2.45, 2.75) is 44.2 Å². The predicted molar refractivity (Wildman–Crippen MR) is 78.6 cm³/mol. The van der Waals surface area contributed by atoms with E-state index < -0.39 is 0 Å². The molecule has 4 nitrogen and oxygen atoms in total. The Balaban J connectivity index is 1.70. The highest BCUT2D eigenvalue weighted by molar-refractivity contribution is 5.87. The van der Waals surface area contributed by atoms with E-state index in [0.717, 1.165) is 37.9 Å². The molecule has 0 bridgehead atoms. The molecule has 0 aliphatic carbocycles. The molecule has 2 N–H and O–H groups in total. The second kappa shape index (κ2) is 5.83. The number of piperidine rings is 1. The third kappa shape index (κ3) is 2.52. The van der Waals surface area contributed by atoms with Crippen LogP contribution in [0.1, 0.15) is 31.2 Å². The zero-order chi connectivity index (χ0) is 13.9. The van der Waals surface area contributed by atoms with Gasteiger partial charge in [-0.25, -0.2) is 0 Å². The van der Waals surface area contributed by atoms with Crippen LogP contribution in [0.3, 0.4) is 0 Å². The Morgan fingerprint density at radius 3 is 3.00 bits per heavy atom. The first-order chi connectivity index (χ1) is 9.79. The minimum absolute atomic E-state index is 0.133. The molecule has 1 amide bonds. The van der Waals surface area contributed by atoms with Crippen molar-refractivity contribution in [3.63, 3.8) is 0 Å². The van der Waals surface area contributed by atoms with Crippen LogP contribution in [0.2, 0.25) is 0 Å². The summed E-state index contributed by atoms with van der Waals surface area (Å²) in [4.78, 5) is 14.7. The van der Waals surface area contributed by atoms with Crippen LogP contribution in [0.5, 0.6) is 0 Å². The van der Waals surface area contributed by atoms with Crippen molar-refractivity contribution in [1.29, 1.82) is 0 Å². The van der Waals surface area contributed by atoms with Gasteiger partial charge in [-0.3, -0.25) is 4.79 Å². The molecule has 4 heteroatoms. The monoisotopic (exact) mass is 274 g/mol. The van der Waals surface area contributed by atoms with E-state index in [1.54, 1.807) is 0 Å². The van der Waals surface area contributed by atoms with Crippen molar-refractivity contribution in [3.8, 4) is 0 Å². The van der Waals surface area contributed by atoms with Gasteiger partial charge in [-0.2, -0.15) is 0 Å². The lowest BCUT2D eigenvalue weighted by Gasteiger charge is -2.37. The number of benzene rings is 1. The van der Waals surface area contributed by atoms with Gasteiger partial charge >= 0.3 is 0 Å². The maximum Gasteiger partial charge on any atom is 0.245 e. The SMILES string of the molecule is O=C([C@@H]1Cc2ccccc2N1)N1CCCCC1CCO. The summed E-state index contributed by atoms with van der Waals surface area (Å²) in [7, 11) is 0. The lowest BCUT2D eigenvalue weighted by molar-refractivity contribution is -0.135. The van der Waals surface area contributed by atoms with Crippen molar-refractivity contribution < 1.29 is 9.90 Å². The second-order valence-electron chi connectivity index (χ2n) is 5.75. The van der Waals surface area contributed by atoms with E-state index in [1.807, 2.05) is 23.1 Å². The maximum absolute atomic E-state index is 12.7. The standard InChI is InChI=1S/C16H22N2O2/c19-10-8-13-6-3-4-9-18(13)16(20)15-11-12-5-1-2-7-14(12)17-15/h1-2,5,7,13,15,17,19H,3-4,6,8-11H2/t13?,15-/m0/s1. The third-order valence-electron chi connectivity index (χ3n) is 4.44. The van der Waals surface area contributed by atoms with E-state index in [4.69, 9.17) is 0 Å². The first kappa shape index (κ1) is 13.4. The smallest absolute Gasteiger partial charge is 0.245 e. The molecule has 0 saturated carbocycles. The zero-order valence-corrected chi connectivity index (χ0v) is 11.7. The Morgan fingerprint density at radius 2 is 2.20 bits per heavy atom. The number of amides is 1. The molecule has 108 valence electrons. The number of nitrogens with zero attached hydrogens (tertiary/aromatic N) is 1. The fourth-order valence-electron chi connectivity index (χ4n) is 3.39. The number of carbonyl (C=O) groups excluding carboxylic acids is 1. The largest absolute Gasteiger partial charge is 0.396 e. The van der Waals surface area contributed by atoms with Gasteiger partial charge in [-0.05, 0) is 37.3 Å². The highest BCUT2D eigenvalue weighted by Gasteiger charge is 2.34. The van der Waals surface area contributed by atoms with Gasteiger partial charge in [0.1, 0.15) is 6.04 Å². The number of hydrogen-bond acceptors (Lipinski definition) is 3. The molecule has 1 fully saturated rings. The van der Waals surface area contributed by atoms with Gasteiger partial charge < -0.3 is 15.3 Å². The van der Waals surface area contributed by atoms with Crippen LogP contribution < -0.4 is 5.32 Å². The molecule has 1 aromatic carbocycles. The Bertz CT molecular complexity index is 462. The Morgan fingerprint density at radius 1 is 1.35 bits per heavy atom. The van der Waals surface area contributed by atoms with Gasteiger partial charge in [0.15, 0.2) is 0 Å². The fraction of sp³-hybridized carbons (Fsp3) is 0.562. The fourth-order valence-corrected chi connectivity index (χ4v) is 3.39.